The molecule has 141 heavy (non-hydrogen) atoms. The molecule has 0 radical (unpaired) electrons. The first-order chi connectivity index (χ1) is 76.1. The largest absolute Gasteiger partial charge is 0.456 e. The highest BCUT2D eigenvalue weighted by molar-refractivity contribution is 6.20. The van der Waals surface area contributed by atoms with Crippen molar-refractivity contribution in [3.05, 3.63) is 402 Å². The number of rotatable bonds is 10. The van der Waals surface area contributed by atoms with Gasteiger partial charge in [-0.1, -0.05) is 288 Å². The summed E-state index contributed by atoms with van der Waals surface area (Å²) in [5.74, 6) is 1.99. The Kier molecular flexibility index (Phi) is 20.0. The lowest BCUT2D eigenvalue weighted by atomic mass is 9.94. The third-order valence-electron chi connectivity index (χ3n) is 28.2. The number of furan rings is 4. The van der Waals surface area contributed by atoms with Gasteiger partial charge >= 0.3 is 0 Å². The summed E-state index contributed by atoms with van der Waals surface area (Å²) < 4.78 is 126. The summed E-state index contributed by atoms with van der Waals surface area (Å²) in [5, 5.41) is 6.23. The minimum Gasteiger partial charge on any atom is -0.456 e. The summed E-state index contributed by atoms with van der Waals surface area (Å²) >= 11 is 0. The molecule has 15 heteroatoms. The molecule has 0 amide bonds. The lowest BCUT2D eigenvalue weighted by molar-refractivity contribution is 0.665. The number of hydrogen-bond acceptors (Lipinski definition) is 15. The second-order valence-electron chi connectivity index (χ2n) is 37.2. The molecule has 4 aliphatic rings. The van der Waals surface area contributed by atoms with Gasteiger partial charge in [0, 0.05) is 127 Å². The van der Waals surface area contributed by atoms with Crippen LogP contribution < -0.4 is 39.2 Å². The van der Waals surface area contributed by atoms with E-state index in [4.69, 9.17) is 55.5 Å². The number of benzene rings is 15. The molecule has 0 saturated carbocycles. The van der Waals surface area contributed by atoms with Gasteiger partial charge in [-0.3, -0.25) is 0 Å². The topological polar surface area (TPSA) is 117 Å². The van der Waals surface area contributed by atoms with Gasteiger partial charge in [-0.15, -0.1) is 0 Å². The second-order valence-corrected chi connectivity index (χ2v) is 37.2. The van der Waals surface area contributed by atoms with Crippen LogP contribution in [0.5, 0.6) is 0 Å². The standard InChI is InChI=1S/C40H32N2O.C39H31N3O.C23H23N3O.C22H21N3O.2CH4.4H2/c1-26-14-10-11-23-34(26)41-28(3)42(39-35(41)24-25-36-37(39)33-22-12-15-27(2)40(33)43-36)38-31(29-16-6-4-7-17-29)20-13-21-32(38)30-18-8-5-9-19-30;1-25-21-22-26(2)34(23-25)41-27(3)42(39-37(41)38-33(24-40-39)32-17-10-11-20-35(32)43-38)36-30(28-13-6-4-7-14-28)18-12-19-31(36)29-15-8-5-9-16-29;1-13-9-10-14(2)18(11-13)26-16(4)25(5)23-19(26)12-20-21(24-23)17-8-6-7-15(3)22(17)27-20;1-13-9-10-14(2)17(11-13)25-15(3)24(4)18-12-20-21(23-22(18)25)16-7-5-6-8-19(16)26-20;;;;;;/h4-25,28H,1-3H3;4-24,27H,1-3H3;6-12,16H,1-5H3;5-12,15H,1-4H3;2*1H4;4*1H/t28-;27-;16-;15-;;;;;;/m1100....../s1/i;;5D3;4D3;2*1D;4*1+1D. The molecule has 0 N–H and O–H groups in total. The van der Waals surface area contributed by atoms with Crippen molar-refractivity contribution < 1.29 is 40.5 Å². The predicted molar refractivity (Wildman–Crippen MR) is 601 cm³/mol. The van der Waals surface area contributed by atoms with Gasteiger partial charge in [0.25, 0.3) is 0 Å². The van der Waals surface area contributed by atoms with Crippen LogP contribution in [0.1, 0.15) is 115 Å². The monoisotopic (exact) mass is 1870 g/mol. The Morgan fingerprint density at radius 2 is 0.681 bits per heavy atom. The molecule has 0 saturated heterocycles. The third-order valence-corrected chi connectivity index (χ3v) is 28.2. The minimum atomic E-state index is -2.32. The molecule has 0 spiro atoms. The molecule has 0 aliphatic carbocycles. The Balaban J connectivity index is 0.000000139. The van der Waals surface area contributed by atoms with E-state index in [0.717, 1.165) is 156 Å². The van der Waals surface area contributed by atoms with Crippen molar-refractivity contribution in [2.24, 2.45) is 0 Å². The van der Waals surface area contributed by atoms with E-state index >= 15 is 0 Å². The first-order valence-electron chi connectivity index (χ1n) is 56.6. The lowest BCUT2D eigenvalue weighted by Gasteiger charge is -2.34. The highest BCUT2D eigenvalue weighted by atomic mass is 16.3. The number of nitrogens with zero attached hydrogens (tertiary/aromatic N) is 11. The molecule has 4 atom stereocenters. The molecule has 0 fully saturated rings. The van der Waals surface area contributed by atoms with Crippen molar-refractivity contribution in [2.45, 2.75) is 129 Å². The molecule has 706 valence electrons. The summed E-state index contributed by atoms with van der Waals surface area (Å²) in [6.45, 7) is 22.6. The zero-order valence-corrected chi connectivity index (χ0v) is 81.8. The van der Waals surface area contributed by atoms with E-state index in [1.807, 2.05) is 126 Å². The van der Waals surface area contributed by atoms with Crippen LogP contribution in [-0.2, 0) is 0 Å². The van der Waals surface area contributed by atoms with Crippen LogP contribution in [0, 0.1) is 62.3 Å². The molecule has 26 rings (SSSR count). The maximum Gasteiger partial charge on any atom is 0.164 e. The van der Waals surface area contributed by atoms with Gasteiger partial charge in [0.05, 0.1) is 39.5 Å². The molecule has 15 aromatic carbocycles. The van der Waals surface area contributed by atoms with Gasteiger partial charge in [0.15, 0.2) is 34.2 Å². The van der Waals surface area contributed by atoms with Crippen molar-refractivity contribution in [2.75, 3.05) is 53.2 Å². The summed E-state index contributed by atoms with van der Waals surface area (Å²) in [6.07, 6.45) is 1.06. The Morgan fingerprint density at radius 3 is 1.25 bits per heavy atom. The van der Waals surface area contributed by atoms with Crippen LogP contribution in [0.4, 0.5) is 80.0 Å². The van der Waals surface area contributed by atoms with E-state index in [1.165, 1.54) is 97.4 Å². The van der Waals surface area contributed by atoms with Crippen molar-refractivity contribution in [3.63, 3.8) is 0 Å². The normalized spacial score (nSPS) is 16.2. The van der Waals surface area contributed by atoms with Crippen LogP contribution in [-0.4, -0.2) is 53.6 Å². The highest BCUT2D eigenvalue weighted by Gasteiger charge is 2.45. The first kappa shape index (κ1) is 77.4. The molecule has 4 aliphatic heterocycles. The zero-order chi connectivity index (χ0) is 112. The van der Waals surface area contributed by atoms with Gasteiger partial charge in [-0.25, -0.2) is 15.0 Å². The fourth-order valence-corrected chi connectivity index (χ4v) is 21.3. The average Bonchev–Trinajstić information content (AvgIpc) is 1.55. The molecule has 15 nitrogen and oxygen atoms in total. The van der Waals surface area contributed by atoms with Gasteiger partial charge in [-0.2, -0.15) is 0 Å². The highest BCUT2D eigenvalue weighted by Crippen LogP contribution is 2.60. The second kappa shape index (κ2) is 36.4. The third kappa shape index (κ3) is 15.2. The Bertz CT molecular complexity index is 8770. The number of aryl methyl sites for hydroxylation is 9. The maximum atomic E-state index is 8.18. The van der Waals surface area contributed by atoms with E-state index < -0.39 is 26.3 Å². The van der Waals surface area contributed by atoms with Crippen LogP contribution in [0.25, 0.3) is 133 Å². The number of pyridine rings is 3. The summed E-state index contributed by atoms with van der Waals surface area (Å²) in [5.41, 5.74) is 38.7. The van der Waals surface area contributed by atoms with E-state index in [9.17, 15) is 0 Å². The van der Waals surface area contributed by atoms with Gasteiger partial charge in [-0.05, 0) is 223 Å². The van der Waals surface area contributed by atoms with Crippen LogP contribution in [0.2, 0.25) is 0 Å². The Hall–Kier alpha value is -16.7. The van der Waals surface area contributed by atoms with E-state index in [-0.39, 0.29) is 12.3 Å². The van der Waals surface area contributed by atoms with Crippen LogP contribution in [0.15, 0.2) is 370 Å². The summed E-state index contributed by atoms with van der Waals surface area (Å²) in [7, 11) is 2.50. The van der Waals surface area contributed by atoms with Crippen molar-refractivity contribution in [3.8, 4) is 44.5 Å². The van der Waals surface area contributed by atoms with E-state index in [1.54, 1.807) is 0 Å². The number of fused-ring (bicyclic) bond motifs is 18. The number of anilines is 14. The zero-order valence-electron chi connectivity index (χ0n) is 97.8. The molecule has 0 unspecified atom stereocenters. The Labute approximate surface area is 848 Å². The van der Waals surface area contributed by atoms with Crippen molar-refractivity contribution in [1.29, 1.82) is 0 Å². The van der Waals surface area contributed by atoms with Crippen molar-refractivity contribution in [1.82, 2.24) is 15.0 Å². The van der Waals surface area contributed by atoms with Gasteiger partial charge < -0.3 is 56.9 Å². The minimum absolute atomic E-state index is 0.0104. The quantitative estimate of drug-likeness (QED) is 0.129. The number of hydrogen-bond donors (Lipinski definition) is 0. The van der Waals surface area contributed by atoms with E-state index in [2.05, 4.69) is 345 Å². The molecule has 11 heterocycles. The molecule has 22 aromatic rings. The van der Waals surface area contributed by atoms with Crippen LogP contribution >= 0.6 is 0 Å². The number of aromatic nitrogens is 3. The maximum absolute atomic E-state index is 8.18. The molecular formula is C126H123N11O4. The predicted octanol–water partition coefficient (Wildman–Crippen LogP) is 35.4. The first-order valence-corrected chi connectivity index (χ1v) is 47.6. The fourth-order valence-electron chi connectivity index (χ4n) is 21.3. The number of para-hydroxylation sites is 7. The van der Waals surface area contributed by atoms with E-state index in [0.29, 0.717) is 34.0 Å². The van der Waals surface area contributed by atoms with Gasteiger partial charge in [0.2, 0.25) is 0 Å². The van der Waals surface area contributed by atoms with Gasteiger partial charge in [0.1, 0.15) is 69.3 Å². The molecule has 7 aromatic heterocycles. The fraction of sp³-hybridized carbons (Fsp3) is 0.167. The summed E-state index contributed by atoms with van der Waals surface area (Å²) in [4.78, 5) is 31.8. The average molecular weight is 1870 g/mol. The summed E-state index contributed by atoms with van der Waals surface area (Å²) in [6, 6.07) is 120. The van der Waals surface area contributed by atoms with Crippen molar-refractivity contribution >= 4 is 168 Å². The molecular weight excluding hydrogens is 1730 g/mol. The van der Waals surface area contributed by atoms with Crippen LogP contribution in [0.3, 0.4) is 0 Å². The lowest BCUT2D eigenvalue weighted by Crippen LogP contribution is -2.36. The molecule has 0 bridgehead atoms. The Morgan fingerprint density at radius 1 is 0.270 bits per heavy atom. The SMILES string of the molecule is Cc1ccc(C)c(N2c3c(ncc4c3oc3ccccc34)N(c3c(-c4ccccc4)cccc3-c3ccccc3)[C@@H]2C)c1.Cc1ccccc1N1c2ccc3oc4c(C)cccc4c3c2N(c2c(-c3ccccc3)cccc2-c2ccccc2)[C@@H]1C.[2H]C.[2H]C.[2H]C([2H])([2H])N1c2cc3oc4ccccc4c3nc2N(c2cc(C)ccc2C)[C@H]1C.[2H]C([2H])([2H])N1c2nc3c(cc2N(c2cc(C)ccc2C)[C@H]1C)oc1c(C)cccc13.[2H][2H].[2H][2H].[2H][2H].[2H][2H]. The smallest absolute Gasteiger partial charge is 0.164 e.